The van der Waals surface area contributed by atoms with Crippen LogP contribution in [0.15, 0.2) is 24.3 Å². The van der Waals surface area contributed by atoms with Crippen LogP contribution >= 0.6 is 0 Å². The van der Waals surface area contributed by atoms with Crippen molar-refractivity contribution >= 4 is 22.8 Å². The van der Waals surface area contributed by atoms with Crippen molar-refractivity contribution in [2.75, 3.05) is 33.2 Å². The first-order chi connectivity index (χ1) is 16.4. The van der Waals surface area contributed by atoms with Crippen LogP contribution in [0.1, 0.15) is 37.9 Å². The molecule has 34 heavy (non-hydrogen) atoms. The number of aliphatic hydroxyl groups is 1. The molecular weight excluding hydrogens is 432 g/mol. The van der Waals surface area contributed by atoms with Crippen molar-refractivity contribution in [1.82, 2.24) is 29.6 Å². The number of piperidine rings is 1. The second kappa shape index (κ2) is 9.64. The third-order valence-electron chi connectivity index (χ3n) is 8.08. The number of likely N-dealkylation sites (tertiary alicyclic amines) is 2. The topological polar surface area (TPSA) is 93.9 Å². The highest BCUT2D eigenvalue weighted by molar-refractivity contribution is 5.83. The van der Waals surface area contributed by atoms with Crippen LogP contribution in [-0.2, 0) is 23.2 Å². The Hall–Kier alpha value is -2.49. The van der Waals surface area contributed by atoms with Gasteiger partial charge in [0.1, 0.15) is 11.9 Å². The minimum Gasteiger partial charge on any atom is -0.393 e. The van der Waals surface area contributed by atoms with Crippen molar-refractivity contribution in [2.24, 2.45) is 7.05 Å². The van der Waals surface area contributed by atoms with E-state index in [1.807, 2.05) is 30.1 Å². The van der Waals surface area contributed by atoms with E-state index in [1.54, 1.807) is 0 Å². The highest BCUT2D eigenvalue weighted by atomic mass is 16.3. The fourth-order valence-corrected chi connectivity index (χ4v) is 5.91. The number of para-hydroxylation sites is 2. The van der Waals surface area contributed by atoms with Gasteiger partial charge in [-0.15, -0.1) is 0 Å². The van der Waals surface area contributed by atoms with E-state index in [-0.39, 0.29) is 36.0 Å². The number of aliphatic hydroxyl groups excluding tert-OH is 1. The van der Waals surface area contributed by atoms with Crippen molar-refractivity contribution in [3.05, 3.63) is 30.1 Å². The molecular formula is C25H36N6O3. The SMILES string of the molecule is CN1C(CCC(=O)N2CCC(O)CC2)CNC(=O)C2C1CCN2Cc1nc2ccccc2n1C. The number of benzene rings is 1. The number of rotatable bonds is 5. The summed E-state index contributed by atoms with van der Waals surface area (Å²) in [6.45, 7) is 3.32. The molecule has 2 aromatic rings. The summed E-state index contributed by atoms with van der Waals surface area (Å²) >= 11 is 0. The predicted molar refractivity (Wildman–Crippen MR) is 129 cm³/mol. The first-order valence-corrected chi connectivity index (χ1v) is 12.5. The van der Waals surface area contributed by atoms with Crippen LogP contribution in [0.4, 0.5) is 0 Å². The fourth-order valence-electron chi connectivity index (χ4n) is 5.91. The number of hydrogen-bond donors (Lipinski definition) is 2. The number of imidazole rings is 1. The minimum atomic E-state index is -0.279. The van der Waals surface area contributed by atoms with Crippen LogP contribution in [0, 0.1) is 0 Å². The Bertz CT molecular complexity index is 1050. The Labute approximate surface area is 200 Å². The lowest BCUT2D eigenvalue weighted by Gasteiger charge is -2.34. The Morgan fingerprint density at radius 3 is 2.68 bits per heavy atom. The van der Waals surface area contributed by atoms with Crippen molar-refractivity contribution in [3.8, 4) is 0 Å². The number of aryl methyl sites for hydroxylation is 1. The van der Waals surface area contributed by atoms with E-state index in [1.165, 1.54) is 0 Å². The van der Waals surface area contributed by atoms with E-state index in [4.69, 9.17) is 4.98 Å². The molecule has 9 heteroatoms. The van der Waals surface area contributed by atoms with E-state index >= 15 is 0 Å². The number of nitrogens with zero attached hydrogens (tertiary/aromatic N) is 5. The maximum atomic E-state index is 13.2. The molecule has 4 heterocycles. The lowest BCUT2D eigenvalue weighted by molar-refractivity contribution is -0.133. The third kappa shape index (κ3) is 4.44. The maximum absolute atomic E-state index is 13.2. The molecule has 3 unspecified atom stereocenters. The molecule has 0 saturated carbocycles. The molecule has 3 fully saturated rings. The second-order valence-electron chi connectivity index (χ2n) is 10.1. The molecule has 0 radical (unpaired) electrons. The first-order valence-electron chi connectivity index (χ1n) is 12.5. The predicted octanol–water partition coefficient (Wildman–Crippen LogP) is 0.710. The third-order valence-corrected chi connectivity index (χ3v) is 8.08. The molecule has 1 aromatic carbocycles. The molecule has 3 saturated heterocycles. The van der Waals surface area contributed by atoms with Gasteiger partial charge in [0.2, 0.25) is 11.8 Å². The molecule has 3 aliphatic rings. The second-order valence-corrected chi connectivity index (χ2v) is 10.1. The van der Waals surface area contributed by atoms with Crippen LogP contribution in [0.25, 0.3) is 11.0 Å². The summed E-state index contributed by atoms with van der Waals surface area (Å²) in [5.74, 6) is 1.20. The average molecular weight is 469 g/mol. The van der Waals surface area contributed by atoms with Gasteiger partial charge in [0.05, 0.1) is 23.7 Å². The Morgan fingerprint density at radius 1 is 1.15 bits per heavy atom. The van der Waals surface area contributed by atoms with Crippen LogP contribution in [0.3, 0.4) is 0 Å². The molecule has 5 rings (SSSR count). The van der Waals surface area contributed by atoms with E-state index in [9.17, 15) is 14.7 Å². The fraction of sp³-hybridized carbons (Fsp3) is 0.640. The zero-order valence-electron chi connectivity index (χ0n) is 20.2. The molecule has 0 bridgehead atoms. The van der Waals surface area contributed by atoms with Gasteiger partial charge in [0.25, 0.3) is 0 Å². The van der Waals surface area contributed by atoms with Crippen molar-refractivity contribution in [1.29, 1.82) is 0 Å². The molecule has 184 valence electrons. The summed E-state index contributed by atoms with van der Waals surface area (Å²) in [7, 11) is 4.14. The summed E-state index contributed by atoms with van der Waals surface area (Å²) in [5, 5.41) is 12.8. The average Bonchev–Trinajstić information content (AvgIpc) is 3.37. The Kier molecular flexibility index (Phi) is 6.59. The van der Waals surface area contributed by atoms with Gasteiger partial charge < -0.3 is 19.9 Å². The van der Waals surface area contributed by atoms with Gasteiger partial charge in [0.15, 0.2) is 0 Å². The molecule has 0 spiro atoms. The van der Waals surface area contributed by atoms with E-state index < -0.39 is 0 Å². The molecule has 2 amide bonds. The zero-order valence-corrected chi connectivity index (χ0v) is 20.2. The Balaban J connectivity index is 1.23. The molecule has 3 aliphatic heterocycles. The quantitative estimate of drug-likeness (QED) is 0.671. The molecule has 1 aromatic heterocycles. The monoisotopic (exact) mass is 468 g/mol. The van der Waals surface area contributed by atoms with Gasteiger partial charge in [-0.05, 0) is 44.9 Å². The van der Waals surface area contributed by atoms with Gasteiger partial charge in [-0.1, -0.05) is 12.1 Å². The molecule has 9 nitrogen and oxygen atoms in total. The highest BCUT2D eigenvalue weighted by Crippen LogP contribution is 2.29. The van der Waals surface area contributed by atoms with Crippen LogP contribution < -0.4 is 5.32 Å². The summed E-state index contributed by atoms with van der Waals surface area (Å²) in [4.78, 5) is 37.1. The number of carbonyl (C=O) groups excluding carboxylic acids is 2. The van der Waals surface area contributed by atoms with Crippen LogP contribution in [0.2, 0.25) is 0 Å². The van der Waals surface area contributed by atoms with Crippen molar-refractivity contribution < 1.29 is 14.7 Å². The molecule has 0 aliphatic carbocycles. The van der Waals surface area contributed by atoms with E-state index in [0.717, 1.165) is 36.2 Å². The van der Waals surface area contributed by atoms with Gasteiger partial charge in [-0.2, -0.15) is 0 Å². The van der Waals surface area contributed by atoms with Crippen molar-refractivity contribution in [3.63, 3.8) is 0 Å². The molecule has 3 atom stereocenters. The maximum Gasteiger partial charge on any atom is 0.239 e. The van der Waals surface area contributed by atoms with Gasteiger partial charge in [0, 0.05) is 51.7 Å². The summed E-state index contributed by atoms with van der Waals surface area (Å²) in [6.07, 6.45) is 3.17. The standard InChI is InChI=1S/C25H36N6O3/c1-28-17(7-8-23(33)30-12-9-18(32)10-13-30)15-26-25(34)24-21(28)11-14-31(24)16-22-27-19-5-3-4-6-20(19)29(22)2/h3-6,17-18,21,24,32H,7-16H2,1-2H3,(H,26,34). The number of hydrogen-bond acceptors (Lipinski definition) is 6. The molecule has 2 N–H and O–H groups in total. The lowest BCUT2D eigenvalue weighted by atomic mass is 10.0. The van der Waals surface area contributed by atoms with Crippen molar-refractivity contribution in [2.45, 2.75) is 62.9 Å². The van der Waals surface area contributed by atoms with Gasteiger partial charge >= 0.3 is 0 Å². The largest absolute Gasteiger partial charge is 0.393 e. The lowest BCUT2D eigenvalue weighted by Crippen LogP contribution is -2.49. The smallest absolute Gasteiger partial charge is 0.239 e. The zero-order chi connectivity index (χ0) is 23.8. The highest BCUT2D eigenvalue weighted by Gasteiger charge is 2.45. The van der Waals surface area contributed by atoms with Crippen LogP contribution in [0.5, 0.6) is 0 Å². The number of likely N-dealkylation sites (N-methyl/N-ethyl adjacent to an activating group) is 1. The van der Waals surface area contributed by atoms with Gasteiger partial charge in [-0.3, -0.25) is 19.4 Å². The Morgan fingerprint density at radius 2 is 1.91 bits per heavy atom. The summed E-state index contributed by atoms with van der Waals surface area (Å²) in [6, 6.07) is 8.16. The number of aromatic nitrogens is 2. The summed E-state index contributed by atoms with van der Waals surface area (Å²) in [5.41, 5.74) is 2.08. The minimum absolute atomic E-state index is 0.0759. The van der Waals surface area contributed by atoms with E-state index in [0.29, 0.717) is 45.4 Å². The first kappa shape index (κ1) is 23.3. The number of nitrogens with one attached hydrogen (secondary N) is 1. The number of carbonyl (C=O) groups is 2. The van der Waals surface area contributed by atoms with Crippen LogP contribution in [-0.4, -0.2) is 98.6 Å². The number of fused-ring (bicyclic) bond motifs is 2. The van der Waals surface area contributed by atoms with E-state index in [2.05, 4.69) is 32.8 Å². The normalized spacial score (nSPS) is 27.1. The van der Waals surface area contributed by atoms with Gasteiger partial charge in [-0.25, -0.2) is 4.98 Å². The number of amides is 2. The summed E-state index contributed by atoms with van der Waals surface area (Å²) < 4.78 is 2.12.